The summed E-state index contributed by atoms with van der Waals surface area (Å²) in [4.78, 5) is 19.5. The fourth-order valence-electron chi connectivity index (χ4n) is 4.16. The quantitative estimate of drug-likeness (QED) is 0.614. The summed E-state index contributed by atoms with van der Waals surface area (Å²) < 4.78 is 7.29. The topological polar surface area (TPSA) is 60.2 Å². The van der Waals surface area contributed by atoms with E-state index in [1.165, 1.54) is 0 Å². The van der Waals surface area contributed by atoms with Crippen LogP contribution < -0.4 is 0 Å². The molecule has 6 heteroatoms. The van der Waals surface area contributed by atoms with Crippen LogP contribution >= 0.6 is 0 Å². The van der Waals surface area contributed by atoms with Gasteiger partial charge in [0.1, 0.15) is 0 Å². The summed E-state index contributed by atoms with van der Waals surface area (Å²) in [6.45, 7) is 6.03. The Balaban J connectivity index is 1.62. The number of hydrogen-bond donors (Lipinski definition) is 0. The van der Waals surface area contributed by atoms with Crippen LogP contribution in [0.5, 0.6) is 0 Å². The zero-order valence-corrected chi connectivity index (χ0v) is 17.8. The van der Waals surface area contributed by atoms with Gasteiger partial charge in [0.25, 0.3) is 5.91 Å². The van der Waals surface area contributed by atoms with E-state index in [0.29, 0.717) is 18.8 Å². The Morgan fingerprint density at radius 3 is 2.73 bits per heavy atom. The lowest BCUT2D eigenvalue weighted by atomic mass is 9.98. The number of aromatic nitrogens is 3. The third kappa shape index (κ3) is 4.00. The number of nitrogens with zero attached hydrogens (tertiary/aromatic N) is 4. The Morgan fingerprint density at radius 1 is 1.20 bits per heavy atom. The molecule has 156 valence electrons. The van der Waals surface area contributed by atoms with Crippen LogP contribution in [0.1, 0.15) is 53.0 Å². The number of carbonyl (C=O) groups excluding carboxylic acids is 1. The van der Waals surface area contributed by atoms with Crippen LogP contribution in [0.4, 0.5) is 0 Å². The minimum Gasteiger partial charge on any atom is -0.377 e. The SMILES string of the molecule is CCOCc1ccc(C(=O)N2CCCC2c2nn(C)cc2-c2ccncc2C)cc1. The van der Waals surface area contributed by atoms with Gasteiger partial charge in [-0.2, -0.15) is 5.10 Å². The molecule has 1 aromatic carbocycles. The maximum Gasteiger partial charge on any atom is 0.254 e. The first kappa shape index (κ1) is 20.3. The Bertz CT molecular complexity index is 1030. The highest BCUT2D eigenvalue weighted by atomic mass is 16.5. The molecule has 1 amide bonds. The molecule has 1 saturated heterocycles. The standard InChI is InChI=1S/C24H28N4O2/c1-4-30-16-18-7-9-19(10-8-18)24(29)28-13-5-6-22(28)23-21(15-27(3)26-23)20-11-12-25-14-17(20)2/h7-12,14-15,22H,4-6,13,16H2,1-3H3. The third-order valence-corrected chi connectivity index (χ3v) is 5.67. The molecule has 0 spiro atoms. The average Bonchev–Trinajstić information content (AvgIpc) is 3.39. The number of ether oxygens (including phenoxy) is 1. The molecule has 3 heterocycles. The van der Waals surface area contributed by atoms with Crippen molar-refractivity contribution in [3.63, 3.8) is 0 Å². The van der Waals surface area contributed by atoms with Crippen LogP contribution in [0.2, 0.25) is 0 Å². The molecule has 1 fully saturated rings. The summed E-state index contributed by atoms with van der Waals surface area (Å²) in [5.74, 6) is 0.0588. The van der Waals surface area contributed by atoms with Crippen molar-refractivity contribution in [1.29, 1.82) is 0 Å². The van der Waals surface area contributed by atoms with Crippen LogP contribution in [0.15, 0.2) is 48.9 Å². The van der Waals surface area contributed by atoms with E-state index < -0.39 is 0 Å². The molecule has 0 aliphatic carbocycles. The molecule has 1 aliphatic heterocycles. The molecule has 0 saturated carbocycles. The van der Waals surface area contributed by atoms with Gasteiger partial charge in [-0.05, 0) is 61.6 Å². The summed E-state index contributed by atoms with van der Waals surface area (Å²) in [5.41, 5.74) is 6.05. The molecule has 6 nitrogen and oxygen atoms in total. The van der Waals surface area contributed by atoms with Gasteiger partial charge in [-0.25, -0.2) is 0 Å². The average molecular weight is 405 g/mol. The summed E-state index contributed by atoms with van der Waals surface area (Å²) in [5, 5.41) is 4.77. The second-order valence-corrected chi connectivity index (χ2v) is 7.78. The number of benzene rings is 1. The number of rotatable bonds is 6. The van der Waals surface area contributed by atoms with Crippen LogP contribution in [0, 0.1) is 6.92 Å². The monoisotopic (exact) mass is 404 g/mol. The molecule has 0 N–H and O–H groups in total. The van der Waals surface area contributed by atoms with Gasteiger partial charge in [-0.15, -0.1) is 0 Å². The van der Waals surface area contributed by atoms with Crippen LogP contribution in [-0.2, 0) is 18.4 Å². The molecular weight excluding hydrogens is 376 g/mol. The molecule has 30 heavy (non-hydrogen) atoms. The van der Waals surface area contributed by atoms with E-state index in [4.69, 9.17) is 9.84 Å². The first-order valence-electron chi connectivity index (χ1n) is 10.5. The highest BCUT2D eigenvalue weighted by Gasteiger charge is 2.34. The van der Waals surface area contributed by atoms with E-state index in [1.807, 2.05) is 66.3 Å². The van der Waals surface area contributed by atoms with Crippen molar-refractivity contribution in [2.45, 2.75) is 39.3 Å². The Labute approximate surface area is 177 Å². The maximum atomic E-state index is 13.3. The summed E-state index contributed by atoms with van der Waals surface area (Å²) >= 11 is 0. The van der Waals surface area contributed by atoms with Gasteiger partial charge in [-0.3, -0.25) is 14.5 Å². The summed E-state index contributed by atoms with van der Waals surface area (Å²) in [7, 11) is 1.93. The van der Waals surface area contributed by atoms with E-state index in [1.54, 1.807) is 6.20 Å². The molecule has 1 unspecified atom stereocenters. The van der Waals surface area contributed by atoms with E-state index in [-0.39, 0.29) is 11.9 Å². The fraction of sp³-hybridized carbons (Fsp3) is 0.375. The fourth-order valence-corrected chi connectivity index (χ4v) is 4.16. The van der Waals surface area contributed by atoms with Gasteiger partial charge in [-0.1, -0.05) is 12.1 Å². The van der Waals surface area contributed by atoms with E-state index in [2.05, 4.69) is 11.9 Å². The predicted octanol–water partition coefficient (Wildman–Crippen LogP) is 4.30. The van der Waals surface area contributed by atoms with E-state index in [0.717, 1.165) is 47.3 Å². The van der Waals surface area contributed by atoms with Crippen molar-refractivity contribution in [2.24, 2.45) is 7.05 Å². The Hall–Kier alpha value is -2.99. The van der Waals surface area contributed by atoms with Crippen molar-refractivity contribution in [2.75, 3.05) is 13.2 Å². The van der Waals surface area contributed by atoms with Crippen molar-refractivity contribution >= 4 is 5.91 Å². The Morgan fingerprint density at radius 2 is 2.00 bits per heavy atom. The van der Waals surface area contributed by atoms with Crippen LogP contribution in [0.25, 0.3) is 11.1 Å². The van der Waals surface area contributed by atoms with Gasteiger partial charge >= 0.3 is 0 Å². The van der Waals surface area contributed by atoms with Crippen LogP contribution in [-0.4, -0.2) is 38.7 Å². The van der Waals surface area contributed by atoms with E-state index >= 15 is 0 Å². The molecule has 1 aliphatic rings. The first-order chi connectivity index (χ1) is 14.6. The van der Waals surface area contributed by atoms with Crippen molar-refractivity contribution in [3.8, 4) is 11.1 Å². The minimum atomic E-state index is -0.0237. The second-order valence-electron chi connectivity index (χ2n) is 7.78. The molecule has 0 radical (unpaired) electrons. The zero-order valence-electron chi connectivity index (χ0n) is 17.8. The number of carbonyl (C=O) groups is 1. The molecule has 2 aromatic heterocycles. The number of aryl methyl sites for hydroxylation is 2. The highest BCUT2D eigenvalue weighted by molar-refractivity contribution is 5.94. The smallest absolute Gasteiger partial charge is 0.254 e. The molecule has 4 rings (SSSR count). The third-order valence-electron chi connectivity index (χ3n) is 5.67. The molecule has 3 aromatic rings. The van der Waals surface area contributed by atoms with Gasteiger partial charge in [0.15, 0.2) is 0 Å². The lowest BCUT2D eigenvalue weighted by Gasteiger charge is -2.25. The number of pyridine rings is 1. The molecule has 1 atom stereocenters. The summed E-state index contributed by atoms with van der Waals surface area (Å²) in [6, 6.07) is 9.75. The maximum absolute atomic E-state index is 13.3. The summed E-state index contributed by atoms with van der Waals surface area (Å²) in [6.07, 6.45) is 7.61. The van der Waals surface area contributed by atoms with Crippen molar-refractivity contribution in [1.82, 2.24) is 19.7 Å². The van der Waals surface area contributed by atoms with Gasteiger partial charge in [0, 0.05) is 49.9 Å². The molecule has 0 bridgehead atoms. The van der Waals surface area contributed by atoms with Crippen LogP contribution in [0.3, 0.4) is 0 Å². The second kappa shape index (κ2) is 8.79. The number of likely N-dealkylation sites (tertiary alicyclic amines) is 1. The number of amides is 1. The van der Waals surface area contributed by atoms with Crippen molar-refractivity contribution in [3.05, 3.63) is 71.3 Å². The lowest BCUT2D eigenvalue weighted by molar-refractivity contribution is 0.0732. The van der Waals surface area contributed by atoms with Gasteiger partial charge in [0.05, 0.1) is 18.3 Å². The normalized spacial score (nSPS) is 16.2. The zero-order chi connectivity index (χ0) is 21.1. The predicted molar refractivity (Wildman–Crippen MR) is 116 cm³/mol. The van der Waals surface area contributed by atoms with E-state index in [9.17, 15) is 4.79 Å². The minimum absolute atomic E-state index is 0.0237. The van der Waals surface area contributed by atoms with Gasteiger partial charge < -0.3 is 9.64 Å². The highest BCUT2D eigenvalue weighted by Crippen LogP contribution is 2.38. The Kier molecular flexibility index (Phi) is 5.95. The van der Waals surface area contributed by atoms with Gasteiger partial charge in [0.2, 0.25) is 0 Å². The van der Waals surface area contributed by atoms with Crippen molar-refractivity contribution < 1.29 is 9.53 Å². The lowest BCUT2D eigenvalue weighted by Crippen LogP contribution is -2.31. The molecular formula is C24H28N4O2. The largest absolute Gasteiger partial charge is 0.377 e. The first-order valence-corrected chi connectivity index (χ1v) is 10.5. The number of hydrogen-bond acceptors (Lipinski definition) is 4.